The Morgan fingerprint density at radius 2 is 2.03 bits per heavy atom. The van der Waals surface area contributed by atoms with Gasteiger partial charge in [0.15, 0.2) is 11.5 Å². The summed E-state index contributed by atoms with van der Waals surface area (Å²) >= 11 is 0. The molecule has 8 nitrogen and oxygen atoms in total. The zero-order valence-electron chi connectivity index (χ0n) is 17.7. The van der Waals surface area contributed by atoms with Crippen LogP contribution in [0.25, 0.3) is 6.08 Å². The third-order valence-corrected chi connectivity index (χ3v) is 4.97. The summed E-state index contributed by atoms with van der Waals surface area (Å²) in [6.07, 6.45) is 3.36. The average molecular weight is 436 g/mol. The number of carboxylic acid groups (broad SMARTS) is 1. The van der Waals surface area contributed by atoms with E-state index in [0.29, 0.717) is 30.2 Å². The Bertz CT molecular complexity index is 1030. The summed E-state index contributed by atoms with van der Waals surface area (Å²) < 4.78 is 16.7. The number of nitrogens with one attached hydrogen (secondary N) is 1. The Hall–Kier alpha value is -3.83. The fraction of sp³-hybridized carbons (Fsp3) is 0.292. The Labute approximate surface area is 186 Å². The van der Waals surface area contributed by atoms with Crippen molar-refractivity contribution in [1.82, 2.24) is 5.32 Å². The summed E-state index contributed by atoms with van der Waals surface area (Å²) in [6.45, 7) is 1.30. The second-order valence-corrected chi connectivity index (χ2v) is 7.22. The lowest BCUT2D eigenvalue weighted by Crippen LogP contribution is -2.32. The molecule has 1 unspecified atom stereocenters. The Morgan fingerprint density at radius 3 is 2.66 bits per heavy atom. The number of carbonyl (C=O) groups excluding carboxylic acids is 1. The first-order valence-corrected chi connectivity index (χ1v) is 10.1. The minimum atomic E-state index is -0.986. The first kappa shape index (κ1) is 22.8. The van der Waals surface area contributed by atoms with E-state index in [-0.39, 0.29) is 23.8 Å². The molecule has 0 radical (unpaired) electrons. The van der Waals surface area contributed by atoms with Gasteiger partial charge in [-0.25, -0.2) is 4.79 Å². The van der Waals surface area contributed by atoms with Gasteiger partial charge in [0, 0.05) is 13.2 Å². The maximum Gasteiger partial charge on any atom is 0.335 e. The van der Waals surface area contributed by atoms with Gasteiger partial charge in [-0.15, -0.1) is 0 Å². The van der Waals surface area contributed by atoms with Gasteiger partial charge >= 0.3 is 5.97 Å². The van der Waals surface area contributed by atoms with Crippen molar-refractivity contribution in [3.8, 4) is 17.6 Å². The summed E-state index contributed by atoms with van der Waals surface area (Å²) in [7, 11) is 1.50. The van der Waals surface area contributed by atoms with Gasteiger partial charge in [-0.1, -0.05) is 18.2 Å². The Balaban J connectivity index is 1.65. The number of ether oxygens (including phenoxy) is 3. The van der Waals surface area contributed by atoms with Gasteiger partial charge < -0.3 is 24.6 Å². The summed E-state index contributed by atoms with van der Waals surface area (Å²) in [4.78, 5) is 23.3. The van der Waals surface area contributed by atoms with Gasteiger partial charge in [-0.05, 0) is 54.3 Å². The average Bonchev–Trinajstić information content (AvgIpc) is 3.34. The van der Waals surface area contributed by atoms with Crippen molar-refractivity contribution in [2.45, 2.75) is 25.6 Å². The number of nitriles is 1. The number of methoxy groups -OCH3 is 1. The molecule has 2 aromatic rings. The van der Waals surface area contributed by atoms with E-state index in [0.717, 1.165) is 18.4 Å². The fourth-order valence-electron chi connectivity index (χ4n) is 3.22. The lowest BCUT2D eigenvalue weighted by molar-refractivity contribution is -0.117. The molecule has 8 heteroatoms. The molecular formula is C24H24N2O6. The highest BCUT2D eigenvalue weighted by molar-refractivity contribution is 6.01. The molecule has 0 bridgehead atoms. The van der Waals surface area contributed by atoms with Gasteiger partial charge in [0.2, 0.25) is 0 Å². The highest BCUT2D eigenvalue weighted by atomic mass is 16.5. The van der Waals surface area contributed by atoms with Crippen molar-refractivity contribution in [3.63, 3.8) is 0 Å². The van der Waals surface area contributed by atoms with Crippen LogP contribution >= 0.6 is 0 Å². The molecule has 32 heavy (non-hydrogen) atoms. The van der Waals surface area contributed by atoms with E-state index in [1.165, 1.54) is 25.3 Å². The van der Waals surface area contributed by atoms with Crippen LogP contribution in [0.4, 0.5) is 0 Å². The maximum absolute atomic E-state index is 12.3. The molecule has 1 aliphatic heterocycles. The van der Waals surface area contributed by atoms with Crippen LogP contribution in [0.15, 0.2) is 48.0 Å². The number of amides is 1. The topological polar surface area (TPSA) is 118 Å². The summed E-state index contributed by atoms with van der Waals surface area (Å²) in [5.41, 5.74) is 1.60. The molecular weight excluding hydrogens is 412 g/mol. The van der Waals surface area contributed by atoms with Crippen LogP contribution < -0.4 is 14.8 Å². The lowest BCUT2D eigenvalue weighted by atomic mass is 10.1. The number of aromatic carboxylic acids is 1. The van der Waals surface area contributed by atoms with Gasteiger partial charge in [0.1, 0.15) is 18.2 Å². The molecule has 2 N–H and O–H groups in total. The second kappa shape index (κ2) is 11.0. The van der Waals surface area contributed by atoms with Crippen molar-refractivity contribution < 1.29 is 28.9 Å². The predicted octanol–water partition coefficient (Wildman–Crippen LogP) is 3.17. The van der Waals surface area contributed by atoms with Gasteiger partial charge in [-0.2, -0.15) is 5.26 Å². The Kier molecular flexibility index (Phi) is 7.84. The molecule has 2 aromatic carbocycles. The molecule has 166 valence electrons. The van der Waals surface area contributed by atoms with Gasteiger partial charge in [0.05, 0.1) is 18.8 Å². The molecule has 1 atom stereocenters. The summed E-state index contributed by atoms with van der Waals surface area (Å²) in [5, 5.41) is 21.1. The van der Waals surface area contributed by atoms with E-state index in [9.17, 15) is 14.9 Å². The second-order valence-electron chi connectivity index (χ2n) is 7.22. The third-order valence-electron chi connectivity index (χ3n) is 4.97. The number of nitrogens with zero attached hydrogens (tertiary/aromatic N) is 1. The van der Waals surface area contributed by atoms with Gasteiger partial charge in [0.25, 0.3) is 5.91 Å². The molecule has 1 amide bonds. The molecule has 1 aliphatic rings. The first-order valence-electron chi connectivity index (χ1n) is 10.1. The van der Waals surface area contributed by atoms with E-state index in [4.69, 9.17) is 19.3 Å². The van der Waals surface area contributed by atoms with Crippen LogP contribution in [0.5, 0.6) is 11.5 Å². The number of hydrogen-bond acceptors (Lipinski definition) is 6. The Morgan fingerprint density at radius 1 is 1.25 bits per heavy atom. The van der Waals surface area contributed by atoms with Crippen LogP contribution in [0, 0.1) is 11.3 Å². The van der Waals surface area contributed by atoms with E-state index in [1.807, 2.05) is 6.07 Å². The van der Waals surface area contributed by atoms with Crippen molar-refractivity contribution in [2.24, 2.45) is 0 Å². The summed E-state index contributed by atoms with van der Waals surface area (Å²) in [5.74, 6) is -0.515. The zero-order valence-corrected chi connectivity index (χ0v) is 17.7. The molecule has 3 rings (SSSR count). The van der Waals surface area contributed by atoms with E-state index in [1.54, 1.807) is 30.3 Å². The van der Waals surface area contributed by atoms with Gasteiger partial charge in [-0.3, -0.25) is 4.79 Å². The zero-order chi connectivity index (χ0) is 22.9. The normalized spacial score (nSPS) is 15.6. The molecule has 0 spiro atoms. The number of rotatable bonds is 9. The minimum absolute atomic E-state index is 0.00394. The number of hydrogen-bond donors (Lipinski definition) is 2. The largest absolute Gasteiger partial charge is 0.493 e. The molecule has 1 fully saturated rings. The molecule has 0 aliphatic carbocycles. The highest BCUT2D eigenvalue weighted by Gasteiger charge is 2.18. The smallest absolute Gasteiger partial charge is 0.335 e. The van der Waals surface area contributed by atoms with Crippen LogP contribution in [-0.2, 0) is 16.1 Å². The molecule has 1 heterocycles. The maximum atomic E-state index is 12.3. The lowest BCUT2D eigenvalue weighted by Gasteiger charge is -2.12. The van der Waals surface area contributed by atoms with E-state index >= 15 is 0 Å². The van der Waals surface area contributed by atoms with Crippen molar-refractivity contribution >= 4 is 18.0 Å². The summed E-state index contributed by atoms with van der Waals surface area (Å²) in [6, 6.07) is 13.4. The first-order chi connectivity index (χ1) is 15.5. The standard InChI is InChI=1S/C24H24N2O6/c1-30-22-12-17(11-19(13-25)23(27)26-14-20-3-2-10-31-20)6-9-21(22)32-15-16-4-7-18(8-5-16)24(28)29/h4-9,11-12,20H,2-3,10,14-15H2,1H3,(H,26,27)(H,28,29)/b19-11+. The van der Waals surface area contributed by atoms with Crippen molar-refractivity contribution in [2.75, 3.05) is 20.3 Å². The van der Waals surface area contributed by atoms with Crippen LogP contribution in [0.2, 0.25) is 0 Å². The van der Waals surface area contributed by atoms with E-state index in [2.05, 4.69) is 5.32 Å². The number of benzene rings is 2. The van der Waals surface area contributed by atoms with Crippen LogP contribution in [0.1, 0.15) is 34.3 Å². The van der Waals surface area contributed by atoms with Crippen molar-refractivity contribution in [1.29, 1.82) is 5.26 Å². The third kappa shape index (κ3) is 6.09. The van der Waals surface area contributed by atoms with Crippen LogP contribution in [-0.4, -0.2) is 43.3 Å². The molecule has 0 aromatic heterocycles. The molecule has 1 saturated heterocycles. The van der Waals surface area contributed by atoms with Crippen LogP contribution in [0.3, 0.4) is 0 Å². The SMILES string of the molecule is COc1cc(/C=C(\C#N)C(=O)NCC2CCCO2)ccc1OCc1ccc(C(=O)O)cc1. The minimum Gasteiger partial charge on any atom is -0.493 e. The molecule has 0 saturated carbocycles. The highest BCUT2D eigenvalue weighted by Crippen LogP contribution is 2.29. The van der Waals surface area contributed by atoms with Crippen molar-refractivity contribution in [3.05, 3.63) is 64.7 Å². The number of carboxylic acids is 1. The van der Waals surface area contributed by atoms with E-state index < -0.39 is 11.9 Å². The predicted molar refractivity (Wildman–Crippen MR) is 116 cm³/mol. The monoisotopic (exact) mass is 436 g/mol. The fourth-order valence-corrected chi connectivity index (χ4v) is 3.22. The number of carbonyl (C=O) groups is 2. The quantitative estimate of drug-likeness (QED) is 0.458.